The van der Waals surface area contributed by atoms with E-state index in [0.29, 0.717) is 5.16 Å². The maximum absolute atomic E-state index is 6.20. The van der Waals surface area contributed by atoms with Crippen LogP contribution >= 0.6 is 11.6 Å². The van der Waals surface area contributed by atoms with Crippen LogP contribution in [0.3, 0.4) is 0 Å². The topological polar surface area (TPSA) is 12.4 Å². The Balaban J connectivity index is 2.44. The molecule has 22 heavy (non-hydrogen) atoms. The zero-order chi connectivity index (χ0) is 15.8. The molecule has 0 radical (unpaired) electrons. The highest BCUT2D eigenvalue weighted by atomic mass is 35.5. The number of halogens is 1. The normalized spacial score (nSPS) is 13.3. The van der Waals surface area contributed by atoms with Crippen molar-refractivity contribution in [3.05, 3.63) is 89.1 Å². The Morgan fingerprint density at radius 1 is 0.955 bits per heavy atom. The van der Waals surface area contributed by atoms with Crippen LogP contribution in [0.5, 0.6) is 0 Å². The van der Waals surface area contributed by atoms with Gasteiger partial charge in [0.05, 0.1) is 5.71 Å². The first kappa shape index (κ1) is 16.3. The summed E-state index contributed by atoms with van der Waals surface area (Å²) in [5.41, 5.74) is 4.27. The Morgan fingerprint density at radius 2 is 1.50 bits per heavy atom. The number of allylic oxidation sites excluding steroid dienone is 3. The first-order chi connectivity index (χ1) is 10.7. The second-order valence-electron chi connectivity index (χ2n) is 4.99. The molecule has 2 rings (SSSR count). The minimum atomic E-state index is 0.526. The average Bonchev–Trinajstić information content (AvgIpc) is 2.56. The highest BCUT2D eigenvalue weighted by Gasteiger charge is 2.03. The second-order valence-corrected chi connectivity index (χ2v) is 5.38. The third-order valence-corrected chi connectivity index (χ3v) is 3.49. The molecule has 0 aromatic heterocycles. The van der Waals surface area contributed by atoms with Crippen molar-refractivity contribution in [1.29, 1.82) is 0 Å². The van der Waals surface area contributed by atoms with Gasteiger partial charge in [0.2, 0.25) is 0 Å². The molecule has 2 heteroatoms. The van der Waals surface area contributed by atoms with E-state index < -0.39 is 0 Å². The van der Waals surface area contributed by atoms with Crippen LogP contribution in [-0.2, 0) is 0 Å². The summed E-state index contributed by atoms with van der Waals surface area (Å²) in [4.78, 5) is 4.57. The van der Waals surface area contributed by atoms with Crippen LogP contribution in [0.25, 0.3) is 5.57 Å². The SMILES string of the molecule is CC\C=C(Cl)/N=C(\C=C(/C)c1ccccc1)c1ccccc1. The quantitative estimate of drug-likeness (QED) is 0.469. The lowest BCUT2D eigenvalue weighted by molar-refractivity contribution is 1.20. The molecule has 0 unspecified atom stereocenters. The van der Waals surface area contributed by atoms with E-state index >= 15 is 0 Å². The zero-order valence-corrected chi connectivity index (χ0v) is 13.7. The van der Waals surface area contributed by atoms with E-state index in [1.807, 2.05) is 61.5 Å². The molecule has 0 N–H and O–H groups in total. The van der Waals surface area contributed by atoms with Crippen molar-refractivity contribution >= 4 is 22.9 Å². The molecule has 1 nitrogen and oxygen atoms in total. The number of benzene rings is 2. The number of rotatable bonds is 5. The fraction of sp³-hybridized carbons (Fsp3) is 0.150. The molecule has 0 heterocycles. The molecule has 0 aliphatic rings. The first-order valence-electron chi connectivity index (χ1n) is 7.44. The minimum absolute atomic E-state index is 0.526. The number of aliphatic imine (C=N–C) groups is 1. The largest absolute Gasteiger partial charge is 0.236 e. The number of hydrogen-bond acceptors (Lipinski definition) is 1. The van der Waals surface area contributed by atoms with E-state index in [9.17, 15) is 0 Å². The summed E-state index contributed by atoms with van der Waals surface area (Å²) in [5, 5.41) is 0.526. The van der Waals surface area contributed by atoms with Gasteiger partial charge in [-0.2, -0.15) is 0 Å². The second kappa shape index (κ2) is 8.35. The fourth-order valence-electron chi connectivity index (χ4n) is 2.11. The molecule has 0 saturated carbocycles. The lowest BCUT2D eigenvalue weighted by Crippen LogP contribution is -1.98. The van der Waals surface area contributed by atoms with Crippen LogP contribution in [0.1, 0.15) is 31.4 Å². The average molecular weight is 310 g/mol. The molecule has 2 aromatic rings. The van der Waals surface area contributed by atoms with Crippen LogP contribution in [0.2, 0.25) is 0 Å². The summed E-state index contributed by atoms with van der Waals surface area (Å²) >= 11 is 6.20. The molecule has 0 amide bonds. The van der Waals surface area contributed by atoms with E-state index in [4.69, 9.17) is 11.6 Å². The predicted octanol–water partition coefficient (Wildman–Crippen LogP) is 6.07. The summed E-state index contributed by atoms with van der Waals surface area (Å²) in [5.74, 6) is 0. The Labute approximate surface area is 137 Å². The summed E-state index contributed by atoms with van der Waals surface area (Å²) in [6, 6.07) is 20.4. The van der Waals surface area contributed by atoms with E-state index in [0.717, 1.165) is 23.3 Å². The zero-order valence-electron chi connectivity index (χ0n) is 13.0. The Kier molecular flexibility index (Phi) is 6.17. The maximum Gasteiger partial charge on any atom is 0.125 e. The summed E-state index contributed by atoms with van der Waals surface area (Å²) in [7, 11) is 0. The molecular formula is C20H20ClN. The molecule has 0 spiro atoms. The molecule has 0 bridgehead atoms. The smallest absolute Gasteiger partial charge is 0.125 e. The van der Waals surface area contributed by atoms with Gasteiger partial charge >= 0.3 is 0 Å². The lowest BCUT2D eigenvalue weighted by atomic mass is 10.0. The van der Waals surface area contributed by atoms with Crippen molar-refractivity contribution in [2.45, 2.75) is 20.3 Å². The standard InChI is InChI=1S/C20H20ClN/c1-3-10-20(21)22-19(18-13-8-5-9-14-18)15-16(2)17-11-6-4-7-12-17/h4-15H,3H2,1-2H3/b16-15+,20-10-,22-19+. The van der Waals surface area contributed by atoms with E-state index in [-0.39, 0.29) is 0 Å². The van der Waals surface area contributed by atoms with Crippen LogP contribution in [0.4, 0.5) is 0 Å². The molecule has 2 aromatic carbocycles. The predicted molar refractivity (Wildman–Crippen MR) is 97.3 cm³/mol. The number of hydrogen-bond donors (Lipinski definition) is 0. The molecule has 0 fully saturated rings. The van der Waals surface area contributed by atoms with Gasteiger partial charge < -0.3 is 0 Å². The molecular weight excluding hydrogens is 290 g/mol. The van der Waals surface area contributed by atoms with Crippen LogP contribution in [-0.4, -0.2) is 5.71 Å². The van der Waals surface area contributed by atoms with Crippen LogP contribution in [0, 0.1) is 0 Å². The molecule has 0 atom stereocenters. The van der Waals surface area contributed by atoms with Crippen LogP contribution < -0.4 is 0 Å². The fourth-order valence-corrected chi connectivity index (χ4v) is 2.35. The molecule has 0 aliphatic heterocycles. The van der Waals surface area contributed by atoms with Gasteiger partial charge in [0, 0.05) is 5.56 Å². The summed E-state index contributed by atoms with van der Waals surface area (Å²) in [6.45, 7) is 4.14. The van der Waals surface area contributed by atoms with Gasteiger partial charge in [-0.3, -0.25) is 0 Å². The minimum Gasteiger partial charge on any atom is -0.236 e. The summed E-state index contributed by atoms with van der Waals surface area (Å²) in [6.07, 6.45) is 4.86. The molecule has 0 aliphatic carbocycles. The first-order valence-corrected chi connectivity index (χ1v) is 7.82. The molecule has 0 saturated heterocycles. The maximum atomic E-state index is 6.20. The molecule has 112 valence electrons. The highest BCUT2D eigenvalue weighted by Crippen LogP contribution is 2.17. The van der Waals surface area contributed by atoms with Gasteiger partial charge in [-0.1, -0.05) is 79.2 Å². The van der Waals surface area contributed by atoms with Crippen LogP contribution in [0.15, 0.2) is 83.0 Å². The highest BCUT2D eigenvalue weighted by molar-refractivity contribution is 6.30. The number of nitrogens with zero attached hydrogens (tertiary/aromatic N) is 1. The van der Waals surface area contributed by atoms with Crippen molar-refractivity contribution in [2.24, 2.45) is 4.99 Å². The van der Waals surface area contributed by atoms with Gasteiger partial charge in [0.25, 0.3) is 0 Å². The van der Waals surface area contributed by atoms with Gasteiger partial charge in [-0.05, 0) is 36.6 Å². The van der Waals surface area contributed by atoms with Crippen molar-refractivity contribution in [1.82, 2.24) is 0 Å². The third-order valence-electron chi connectivity index (χ3n) is 3.25. The van der Waals surface area contributed by atoms with Crippen molar-refractivity contribution in [2.75, 3.05) is 0 Å². The van der Waals surface area contributed by atoms with Gasteiger partial charge in [-0.15, -0.1) is 0 Å². The lowest BCUT2D eigenvalue weighted by Gasteiger charge is -2.06. The monoisotopic (exact) mass is 309 g/mol. The van der Waals surface area contributed by atoms with Gasteiger partial charge in [0.15, 0.2) is 0 Å². The van der Waals surface area contributed by atoms with Crippen molar-refractivity contribution in [3.63, 3.8) is 0 Å². The van der Waals surface area contributed by atoms with Gasteiger partial charge in [0.1, 0.15) is 5.16 Å². The van der Waals surface area contributed by atoms with E-state index in [1.54, 1.807) is 0 Å². The summed E-state index contributed by atoms with van der Waals surface area (Å²) < 4.78 is 0. The Morgan fingerprint density at radius 3 is 2.05 bits per heavy atom. The third kappa shape index (κ3) is 4.71. The Bertz CT molecular complexity index is 682. The van der Waals surface area contributed by atoms with Gasteiger partial charge in [-0.25, -0.2) is 4.99 Å². The Hall–Kier alpha value is -2.12. The van der Waals surface area contributed by atoms with Crippen molar-refractivity contribution in [3.8, 4) is 0 Å². The van der Waals surface area contributed by atoms with E-state index in [1.165, 1.54) is 5.56 Å². The van der Waals surface area contributed by atoms with E-state index in [2.05, 4.69) is 30.1 Å². The van der Waals surface area contributed by atoms with Crippen molar-refractivity contribution < 1.29 is 0 Å².